The fourth-order valence-electron chi connectivity index (χ4n) is 1.81. The second-order valence-corrected chi connectivity index (χ2v) is 4.38. The Hall–Kier alpha value is -2.57. The average molecular weight is 296 g/mol. The van der Waals surface area contributed by atoms with Gasteiger partial charge in [0.2, 0.25) is 0 Å². The largest absolute Gasteiger partial charge is 0.481 e. The summed E-state index contributed by atoms with van der Waals surface area (Å²) in [5.74, 6) is -1.12. The van der Waals surface area contributed by atoms with Crippen molar-refractivity contribution in [3.8, 4) is 11.3 Å². The van der Waals surface area contributed by atoms with Gasteiger partial charge in [0.25, 0.3) is 0 Å². The van der Waals surface area contributed by atoms with E-state index in [0.717, 1.165) is 12.1 Å². The number of alkyl halides is 3. The van der Waals surface area contributed by atoms with Crippen LogP contribution in [0.25, 0.3) is 11.3 Å². The lowest BCUT2D eigenvalue weighted by molar-refractivity contribution is -0.138. The number of benzene rings is 1. The fourth-order valence-corrected chi connectivity index (χ4v) is 1.81. The molecule has 2 rings (SSSR count). The first-order valence-electron chi connectivity index (χ1n) is 5.92. The monoisotopic (exact) mass is 296 g/mol. The number of nitrogens with two attached hydrogens (primary N) is 1. The van der Waals surface area contributed by atoms with Crippen LogP contribution in [-0.4, -0.2) is 16.1 Å². The molecule has 0 unspecified atom stereocenters. The summed E-state index contributed by atoms with van der Waals surface area (Å²) in [6.07, 6.45) is -4.84. The van der Waals surface area contributed by atoms with E-state index in [1.807, 2.05) is 0 Å². The lowest BCUT2D eigenvalue weighted by atomic mass is 10.1. The van der Waals surface area contributed by atoms with Crippen LogP contribution in [0.3, 0.4) is 0 Å². The molecule has 1 aromatic carbocycles. The zero-order valence-electron chi connectivity index (χ0n) is 10.7. The van der Waals surface area contributed by atoms with Crippen LogP contribution in [0.2, 0.25) is 0 Å². The zero-order chi connectivity index (χ0) is 15.6. The van der Waals surface area contributed by atoms with Gasteiger partial charge in [-0.3, -0.25) is 9.78 Å². The van der Waals surface area contributed by atoms with Gasteiger partial charge >= 0.3 is 12.1 Å². The molecule has 4 nitrogen and oxygen atoms in total. The third-order valence-electron chi connectivity index (χ3n) is 2.81. The summed E-state index contributed by atoms with van der Waals surface area (Å²) in [6, 6.07) is 7.55. The molecule has 0 aliphatic rings. The number of pyridine rings is 1. The number of halogens is 3. The van der Waals surface area contributed by atoms with E-state index >= 15 is 0 Å². The molecule has 0 aliphatic carbocycles. The summed E-state index contributed by atoms with van der Waals surface area (Å²) in [4.78, 5) is 14.7. The molecule has 110 valence electrons. The van der Waals surface area contributed by atoms with Crippen LogP contribution in [0.15, 0.2) is 36.4 Å². The smallest absolute Gasteiger partial charge is 0.416 e. The van der Waals surface area contributed by atoms with Crippen molar-refractivity contribution in [2.45, 2.75) is 12.6 Å². The molecule has 21 heavy (non-hydrogen) atoms. The van der Waals surface area contributed by atoms with E-state index in [9.17, 15) is 18.0 Å². The number of carbonyl (C=O) groups is 1. The lowest BCUT2D eigenvalue weighted by Crippen LogP contribution is -2.07. The first kappa shape index (κ1) is 14.8. The van der Waals surface area contributed by atoms with Gasteiger partial charge in [0.15, 0.2) is 0 Å². The van der Waals surface area contributed by atoms with Gasteiger partial charge in [-0.05, 0) is 24.3 Å². The molecule has 0 spiro atoms. The lowest BCUT2D eigenvalue weighted by Gasteiger charge is -2.10. The number of aromatic nitrogens is 1. The van der Waals surface area contributed by atoms with Crippen molar-refractivity contribution in [3.63, 3.8) is 0 Å². The van der Waals surface area contributed by atoms with E-state index in [0.29, 0.717) is 0 Å². The van der Waals surface area contributed by atoms with Crippen molar-refractivity contribution in [2.24, 2.45) is 0 Å². The van der Waals surface area contributed by atoms with Crippen molar-refractivity contribution in [1.29, 1.82) is 0 Å². The third kappa shape index (κ3) is 3.50. The van der Waals surface area contributed by atoms with Crippen LogP contribution in [0.4, 0.5) is 18.9 Å². The Morgan fingerprint density at radius 1 is 1.24 bits per heavy atom. The highest BCUT2D eigenvalue weighted by atomic mass is 19.4. The summed E-state index contributed by atoms with van der Waals surface area (Å²) < 4.78 is 38.0. The normalized spacial score (nSPS) is 11.4. The number of nitrogens with zero attached hydrogens (tertiary/aromatic N) is 1. The molecule has 2 aromatic rings. The maximum atomic E-state index is 12.7. The Morgan fingerprint density at radius 3 is 2.57 bits per heavy atom. The molecular formula is C14H11F3N2O2. The van der Waals surface area contributed by atoms with E-state index in [4.69, 9.17) is 10.8 Å². The van der Waals surface area contributed by atoms with Crippen molar-refractivity contribution >= 4 is 11.7 Å². The molecule has 0 atom stereocenters. The summed E-state index contributed by atoms with van der Waals surface area (Å²) in [5, 5.41) is 8.76. The molecule has 7 heteroatoms. The van der Waals surface area contributed by atoms with E-state index in [1.54, 1.807) is 0 Å². The van der Waals surface area contributed by atoms with Gasteiger partial charge in [-0.15, -0.1) is 0 Å². The number of rotatable bonds is 3. The Labute approximate surface area is 118 Å². The van der Waals surface area contributed by atoms with E-state index in [2.05, 4.69) is 4.98 Å². The van der Waals surface area contributed by atoms with Gasteiger partial charge in [-0.1, -0.05) is 12.1 Å². The van der Waals surface area contributed by atoms with Crippen molar-refractivity contribution in [3.05, 3.63) is 47.7 Å². The van der Waals surface area contributed by atoms with Crippen molar-refractivity contribution < 1.29 is 23.1 Å². The summed E-state index contributed by atoms with van der Waals surface area (Å²) in [7, 11) is 0. The molecule has 0 radical (unpaired) electrons. The van der Waals surface area contributed by atoms with Gasteiger partial charge < -0.3 is 10.8 Å². The SMILES string of the molecule is Nc1ccc(-c2cccc(C(F)(F)F)c2)nc1CC(=O)O. The van der Waals surface area contributed by atoms with Crippen LogP contribution in [0, 0.1) is 0 Å². The fraction of sp³-hybridized carbons (Fsp3) is 0.143. The summed E-state index contributed by atoms with van der Waals surface area (Å²) >= 11 is 0. The first-order valence-corrected chi connectivity index (χ1v) is 5.92. The van der Waals surface area contributed by atoms with Gasteiger partial charge in [-0.2, -0.15) is 13.2 Å². The Kier molecular flexibility index (Phi) is 3.84. The average Bonchev–Trinajstić information content (AvgIpc) is 2.40. The Balaban J connectivity index is 2.45. The number of carboxylic acid groups (broad SMARTS) is 1. The van der Waals surface area contributed by atoms with Gasteiger partial charge in [-0.25, -0.2) is 0 Å². The minimum atomic E-state index is -4.45. The highest BCUT2D eigenvalue weighted by molar-refractivity contribution is 5.73. The maximum Gasteiger partial charge on any atom is 0.416 e. The predicted molar refractivity (Wildman–Crippen MR) is 70.4 cm³/mol. The number of anilines is 1. The molecule has 1 aromatic heterocycles. The molecule has 0 aliphatic heterocycles. The molecule has 0 bridgehead atoms. The molecule has 0 saturated carbocycles. The number of carboxylic acids is 1. The number of nitrogen functional groups attached to an aromatic ring is 1. The molecule has 0 amide bonds. The number of hydrogen-bond donors (Lipinski definition) is 2. The molecule has 0 fully saturated rings. The summed E-state index contributed by atoms with van der Waals surface area (Å²) in [5.41, 5.74) is 5.62. The van der Waals surface area contributed by atoms with Crippen molar-refractivity contribution in [2.75, 3.05) is 5.73 Å². The second-order valence-electron chi connectivity index (χ2n) is 4.38. The quantitative estimate of drug-likeness (QED) is 0.913. The van der Waals surface area contributed by atoms with E-state index in [1.165, 1.54) is 24.3 Å². The minimum Gasteiger partial charge on any atom is -0.481 e. The van der Waals surface area contributed by atoms with E-state index < -0.39 is 24.1 Å². The number of aliphatic carboxylic acids is 1. The maximum absolute atomic E-state index is 12.7. The van der Waals surface area contributed by atoms with Gasteiger partial charge in [0.1, 0.15) is 0 Å². The first-order chi connectivity index (χ1) is 9.77. The standard InChI is InChI=1S/C14H11F3N2O2/c15-14(16,17)9-3-1-2-8(6-9)11-5-4-10(18)12(19-11)7-13(20)21/h1-6H,7,18H2,(H,20,21). The van der Waals surface area contributed by atoms with Crippen molar-refractivity contribution in [1.82, 2.24) is 4.98 Å². The highest BCUT2D eigenvalue weighted by Crippen LogP contribution is 2.32. The molecular weight excluding hydrogens is 285 g/mol. The molecule has 1 heterocycles. The van der Waals surface area contributed by atoms with Crippen LogP contribution >= 0.6 is 0 Å². The zero-order valence-corrected chi connectivity index (χ0v) is 10.7. The predicted octanol–water partition coefficient (Wildman–Crippen LogP) is 2.98. The van der Waals surface area contributed by atoms with Crippen LogP contribution in [0.5, 0.6) is 0 Å². The molecule has 3 N–H and O–H groups in total. The Bertz CT molecular complexity index is 684. The van der Waals surface area contributed by atoms with Crippen LogP contribution in [0.1, 0.15) is 11.3 Å². The van der Waals surface area contributed by atoms with Gasteiger partial charge in [0.05, 0.1) is 29.1 Å². The number of hydrogen-bond acceptors (Lipinski definition) is 3. The Morgan fingerprint density at radius 2 is 1.95 bits per heavy atom. The van der Waals surface area contributed by atoms with Crippen LogP contribution in [-0.2, 0) is 17.4 Å². The summed E-state index contributed by atoms with van der Waals surface area (Å²) in [6.45, 7) is 0. The highest BCUT2D eigenvalue weighted by Gasteiger charge is 2.30. The van der Waals surface area contributed by atoms with Crippen LogP contribution < -0.4 is 5.73 Å². The van der Waals surface area contributed by atoms with Gasteiger partial charge in [0, 0.05) is 5.56 Å². The van der Waals surface area contributed by atoms with E-state index in [-0.39, 0.29) is 22.6 Å². The topological polar surface area (TPSA) is 76.2 Å². The molecule has 0 saturated heterocycles. The second kappa shape index (κ2) is 5.43. The third-order valence-corrected chi connectivity index (χ3v) is 2.81. The minimum absolute atomic E-state index is 0.123.